The van der Waals surface area contributed by atoms with Crippen LogP contribution in [-0.4, -0.2) is 40.4 Å². The first-order valence-electron chi connectivity index (χ1n) is 9.57. The van der Waals surface area contributed by atoms with Crippen LogP contribution in [0.3, 0.4) is 0 Å². The summed E-state index contributed by atoms with van der Waals surface area (Å²) >= 11 is 0. The number of hydrogen-bond acceptors (Lipinski definition) is 3. The molecule has 0 bridgehead atoms. The van der Waals surface area contributed by atoms with Crippen LogP contribution in [0, 0.1) is 5.41 Å². The van der Waals surface area contributed by atoms with Gasteiger partial charge in [-0.25, -0.2) is 5.06 Å². The monoisotopic (exact) mass is 358 g/mol. The summed E-state index contributed by atoms with van der Waals surface area (Å²) in [6.07, 6.45) is 3.51. The van der Waals surface area contributed by atoms with Crippen LogP contribution >= 0.6 is 0 Å². The zero-order chi connectivity index (χ0) is 18.8. The average Bonchev–Trinajstić information content (AvgIpc) is 2.89. The van der Waals surface area contributed by atoms with Crippen LogP contribution < -0.4 is 0 Å². The molecule has 3 rings (SSSR count). The highest BCUT2D eigenvalue weighted by molar-refractivity contribution is 5.79. The minimum Gasteiger partial charge on any atom is -0.343 e. The van der Waals surface area contributed by atoms with E-state index in [1.54, 1.807) is 5.06 Å². The first-order valence-corrected chi connectivity index (χ1v) is 9.57. The lowest BCUT2D eigenvalue weighted by molar-refractivity contribution is -0.222. The van der Waals surface area contributed by atoms with E-state index in [4.69, 9.17) is 4.84 Å². The molecular formula is C21H30N2O3. The van der Waals surface area contributed by atoms with Crippen LogP contribution in [0.25, 0.3) is 0 Å². The Balaban J connectivity index is 1.60. The summed E-state index contributed by atoms with van der Waals surface area (Å²) in [5, 5.41) is 1.63. The molecular weight excluding hydrogens is 328 g/mol. The van der Waals surface area contributed by atoms with Crippen molar-refractivity contribution in [1.29, 1.82) is 0 Å². The number of likely N-dealkylation sites (tertiary alicyclic amines) is 1. The van der Waals surface area contributed by atoms with Crippen molar-refractivity contribution in [1.82, 2.24) is 9.96 Å². The maximum absolute atomic E-state index is 12.5. The number of piperidine rings is 1. The number of nitrogens with zero attached hydrogens (tertiary/aromatic N) is 2. The zero-order valence-electron chi connectivity index (χ0n) is 16.2. The van der Waals surface area contributed by atoms with E-state index >= 15 is 0 Å². The molecule has 1 spiro atoms. The zero-order valence-corrected chi connectivity index (χ0v) is 16.2. The van der Waals surface area contributed by atoms with Gasteiger partial charge < -0.3 is 4.90 Å². The van der Waals surface area contributed by atoms with Gasteiger partial charge in [-0.1, -0.05) is 51.1 Å². The summed E-state index contributed by atoms with van der Waals surface area (Å²) in [7, 11) is 0. The maximum atomic E-state index is 12.5. The molecule has 2 fully saturated rings. The molecule has 26 heavy (non-hydrogen) atoms. The van der Waals surface area contributed by atoms with Crippen LogP contribution in [0.4, 0.5) is 0 Å². The van der Waals surface area contributed by atoms with Crippen LogP contribution in [0.1, 0.15) is 58.4 Å². The van der Waals surface area contributed by atoms with Crippen molar-refractivity contribution in [3.63, 3.8) is 0 Å². The molecule has 5 nitrogen and oxygen atoms in total. The highest BCUT2D eigenvalue weighted by Crippen LogP contribution is 2.40. The second-order valence-electron chi connectivity index (χ2n) is 8.79. The minimum atomic E-state index is -0.246. The number of carbonyl (C=O) groups excluding carboxylic acids is 2. The Hall–Kier alpha value is -1.88. The quantitative estimate of drug-likeness (QED) is 0.827. The van der Waals surface area contributed by atoms with E-state index in [1.165, 1.54) is 0 Å². The molecule has 0 radical (unpaired) electrons. The van der Waals surface area contributed by atoms with Gasteiger partial charge in [-0.2, -0.15) is 0 Å². The standard InChI is InChI=1S/C21H30N2O3/c1-20(2,3)15-19(25)22-13-11-21(12-14-22)10-9-18(24)23(21)26-16-17-7-5-4-6-8-17/h4-8H,9-16H2,1-3H3. The predicted octanol–water partition coefficient (Wildman–Crippen LogP) is 3.54. The van der Waals surface area contributed by atoms with E-state index in [9.17, 15) is 9.59 Å². The fourth-order valence-corrected chi connectivity index (χ4v) is 3.92. The van der Waals surface area contributed by atoms with Crippen LogP contribution in [-0.2, 0) is 21.0 Å². The highest BCUT2D eigenvalue weighted by Gasteiger charge is 2.48. The van der Waals surface area contributed by atoms with E-state index in [2.05, 4.69) is 20.8 Å². The van der Waals surface area contributed by atoms with Gasteiger partial charge in [-0.15, -0.1) is 0 Å². The smallest absolute Gasteiger partial charge is 0.246 e. The van der Waals surface area contributed by atoms with Crippen molar-refractivity contribution in [3.05, 3.63) is 35.9 Å². The lowest BCUT2D eigenvalue weighted by Crippen LogP contribution is -2.54. The highest BCUT2D eigenvalue weighted by atomic mass is 16.7. The second-order valence-corrected chi connectivity index (χ2v) is 8.79. The van der Waals surface area contributed by atoms with Crippen molar-refractivity contribution in [3.8, 4) is 0 Å². The molecule has 1 aromatic carbocycles. The number of rotatable bonds is 4. The normalized spacial score (nSPS) is 20.0. The Morgan fingerprint density at radius 1 is 1.12 bits per heavy atom. The van der Waals surface area contributed by atoms with Gasteiger partial charge in [0.25, 0.3) is 0 Å². The fourth-order valence-electron chi connectivity index (χ4n) is 3.92. The van der Waals surface area contributed by atoms with E-state index < -0.39 is 0 Å². The second kappa shape index (κ2) is 7.39. The first-order chi connectivity index (χ1) is 12.3. The lowest BCUT2D eigenvalue weighted by atomic mass is 9.85. The molecule has 0 atom stereocenters. The first kappa shape index (κ1) is 18.9. The van der Waals surface area contributed by atoms with Crippen molar-refractivity contribution in [2.24, 2.45) is 5.41 Å². The van der Waals surface area contributed by atoms with Crippen LogP contribution in [0.2, 0.25) is 0 Å². The summed E-state index contributed by atoms with van der Waals surface area (Å²) in [6.45, 7) is 8.07. The van der Waals surface area contributed by atoms with E-state index in [-0.39, 0.29) is 22.8 Å². The summed E-state index contributed by atoms with van der Waals surface area (Å²) in [5.74, 6) is 0.281. The predicted molar refractivity (Wildman–Crippen MR) is 99.9 cm³/mol. The van der Waals surface area contributed by atoms with Crippen LogP contribution in [0.5, 0.6) is 0 Å². The van der Waals surface area contributed by atoms with E-state index in [0.29, 0.717) is 32.5 Å². The van der Waals surface area contributed by atoms with Crippen LogP contribution in [0.15, 0.2) is 30.3 Å². The maximum Gasteiger partial charge on any atom is 0.246 e. The summed E-state index contributed by atoms with van der Waals surface area (Å²) in [4.78, 5) is 32.8. The Labute approximate surface area is 156 Å². The third-order valence-electron chi connectivity index (χ3n) is 5.39. The Morgan fingerprint density at radius 3 is 2.38 bits per heavy atom. The van der Waals surface area contributed by atoms with Gasteiger partial charge in [0.15, 0.2) is 0 Å². The third-order valence-corrected chi connectivity index (χ3v) is 5.39. The van der Waals surface area contributed by atoms with Crippen molar-refractivity contribution < 1.29 is 14.4 Å². The Bertz CT molecular complexity index is 643. The number of amides is 2. The topological polar surface area (TPSA) is 49.9 Å². The largest absolute Gasteiger partial charge is 0.343 e. The molecule has 2 aliphatic heterocycles. The number of carbonyl (C=O) groups is 2. The molecule has 2 saturated heterocycles. The number of hydroxylamine groups is 2. The molecule has 1 aromatic rings. The van der Waals surface area contributed by atoms with Crippen molar-refractivity contribution in [2.75, 3.05) is 13.1 Å². The number of benzene rings is 1. The lowest BCUT2D eigenvalue weighted by Gasteiger charge is -2.44. The van der Waals surface area contributed by atoms with Gasteiger partial charge in [0, 0.05) is 25.9 Å². The number of hydrogen-bond donors (Lipinski definition) is 0. The fraction of sp³-hybridized carbons (Fsp3) is 0.619. The van der Waals surface area contributed by atoms with E-state index in [1.807, 2.05) is 35.2 Å². The molecule has 2 aliphatic rings. The molecule has 0 aliphatic carbocycles. The molecule has 0 aromatic heterocycles. The van der Waals surface area contributed by atoms with Gasteiger partial charge >= 0.3 is 0 Å². The van der Waals surface area contributed by atoms with Gasteiger partial charge in [0.1, 0.15) is 6.61 Å². The SMILES string of the molecule is CC(C)(C)CC(=O)N1CCC2(CCC(=O)N2OCc2ccccc2)CC1. The van der Waals surface area contributed by atoms with E-state index in [0.717, 1.165) is 24.8 Å². The molecule has 0 N–H and O–H groups in total. The minimum absolute atomic E-state index is 0.000369. The van der Waals surface area contributed by atoms with Crippen molar-refractivity contribution in [2.45, 2.75) is 65.0 Å². The summed E-state index contributed by atoms with van der Waals surface area (Å²) in [6, 6.07) is 9.91. The summed E-state index contributed by atoms with van der Waals surface area (Å²) in [5.41, 5.74) is 0.810. The molecule has 2 amide bonds. The average molecular weight is 358 g/mol. The van der Waals surface area contributed by atoms with Gasteiger partial charge in [0.2, 0.25) is 11.8 Å². The Morgan fingerprint density at radius 2 is 1.77 bits per heavy atom. The third kappa shape index (κ3) is 4.26. The van der Waals surface area contributed by atoms with Gasteiger partial charge in [0.05, 0.1) is 5.54 Å². The van der Waals surface area contributed by atoms with Gasteiger partial charge in [-0.3, -0.25) is 14.4 Å². The summed E-state index contributed by atoms with van der Waals surface area (Å²) < 4.78 is 0. The van der Waals surface area contributed by atoms with Crippen molar-refractivity contribution >= 4 is 11.8 Å². The molecule has 0 saturated carbocycles. The Kier molecular flexibility index (Phi) is 5.37. The molecule has 5 heteroatoms. The molecule has 0 unspecified atom stereocenters. The van der Waals surface area contributed by atoms with Gasteiger partial charge in [-0.05, 0) is 30.2 Å². The molecule has 2 heterocycles. The molecule has 142 valence electrons.